The fraction of sp³-hybridized carbons (Fsp3) is 0.273. The number of nitrogens with zero attached hydrogens (tertiary/aromatic N) is 6. The van der Waals surface area contributed by atoms with Gasteiger partial charge in [0, 0.05) is 30.2 Å². The van der Waals surface area contributed by atoms with Crippen LogP contribution in [0.15, 0.2) is 24.4 Å². The van der Waals surface area contributed by atoms with Gasteiger partial charge in [0.1, 0.15) is 23.1 Å². The lowest BCUT2D eigenvalue weighted by Crippen LogP contribution is -2.51. The van der Waals surface area contributed by atoms with E-state index < -0.39 is 30.2 Å². The van der Waals surface area contributed by atoms with E-state index >= 15 is 0 Å². The number of anilines is 1. The van der Waals surface area contributed by atoms with Crippen LogP contribution in [0.3, 0.4) is 0 Å². The lowest BCUT2D eigenvalue weighted by molar-refractivity contribution is 0.140. The van der Waals surface area contributed by atoms with E-state index in [2.05, 4.69) is 15.1 Å². The third-order valence-electron chi connectivity index (χ3n) is 5.81. The second-order valence-corrected chi connectivity index (χ2v) is 8.29. The van der Waals surface area contributed by atoms with E-state index in [1.54, 1.807) is 30.0 Å². The molecule has 0 radical (unpaired) electrons. The van der Waals surface area contributed by atoms with Crippen molar-refractivity contribution < 1.29 is 22.7 Å². The van der Waals surface area contributed by atoms with Crippen LogP contribution in [0.4, 0.5) is 23.4 Å². The van der Waals surface area contributed by atoms with Gasteiger partial charge in [-0.05, 0) is 24.6 Å². The van der Waals surface area contributed by atoms with Crippen molar-refractivity contribution >= 4 is 34.0 Å². The van der Waals surface area contributed by atoms with Gasteiger partial charge in [0.05, 0.1) is 27.9 Å². The summed E-state index contributed by atoms with van der Waals surface area (Å²) in [6.45, 7) is 2.00. The molecule has 174 valence electrons. The number of aliphatic hydroxyl groups is 1. The minimum Gasteiger partial charge on any atom is -0.389 e. The Morgan fingerprint density at radius 3 is 2.53 bits per heavy atom. The Hall–Kier alpha value is -3.49. The molecule has 4 heterocycles. The molecule has 0 spiro atoms. The zero-order chi connectivity index (χ0) is 24.3. The van der Waals surface area contributed by atoms with Crippen molar-refractivity contribution in [1.82, 2.24) is 19.6 Å². The predicted molar refractivity (Wildman–Crippen MR) is 116 cm³/mol. The van der Waals surface area contributed by atoms with Gasteiger partial charge in [-0.1, -0.05) is 17.7 Å². The molecule has 3 aromatic heterocycles. The summed E-state index contributed by atoms with van der Waals surface area (Å²) in [5.74, 6) is 0.317. The molecule has 1 saturated heterocycles. The third kappa shape index (κ3) is 3.25. The first-order valence-electron chi connectivity index (χ1n) is 10.1. The smallest absolute Gasteiger partial charge is 0.283 e. The average Bonchev–Trinajstić information content (AvgIpc) is 3.13. The Morgan fingerprint density at radius 1 is 1.18 bits per heavy atom. The van der Waals surface area contributed by atoms with Gasteiger partial charge in [0.2, 0.25) is 0 Å². The predicted octanol–water partition coefficient (Wildman–Crippen LogP) is 4.83. The standard InChI is InChI=1S/C22H15ClF4N6O/c1-9-15(11-4-5-29-17-12(11)2-3-14(23)16(17)19(24)25)22(32-7-10(34)8-32)33-21(30-9)13(6-28)18(31-33)20(26)27/h2-5,10,19-20,34H,7-8H2,1H3. The number of rotatable bonds is 4. The number of β-amino-alcohol motifs (C(OH)–C–C–N with tert-alkyl or cyclic N) is 1. The topological polar surface area (TPSA) is 90.3 Å². The Bertz CT molecular complexity index is 1490. The van der Waals surface area contributed by atoms with Gasteiger partial charge in [-0.15, -0.1) is 0 Å². The summed E-state index contributed by atoms with van der Waals surface area (Å²) < 4.78 is 56.0. The number of aliphatic hydroxyl groups excluding tert-OH is 1. The van der Waals surface area contributed by atoms with E-state index in [9.17, 15) is 27.9 Å². The van der Waals surface area contributed by atoms with Gasteiger partial charge in [-0.2, -0.15) is 14.9 Å². The van der Waals surface area contributed by atoms with Gasteiger partial charge in [-0.25, -0.2) is 22.5 Å². The summed E-state index contributed by atoms with van der Waals surface area (Å²) in [7, 11) is 0. The zero-order valence-corrected chi connectivity index (χ0v) is 18.2. The Balaban J connectivity index is 1.89. The summed E-state index contributed by atoms with van der Waals surface area (Å²) in [6, 6.07) is 6.26. The molecule has 4 aromatic rings. The number of fused-ring (bicyclic) bond motifs is 2. The van der Waals surface area contributed by atoms with Crippen molar-refractivity contribution in [3.05, 3.63) is 51.9 Å². The molecule has 1 aliphatic heterocycles. The van der Waals surface area contributed by atoms with Crippen molar-refractivity contribution in [2.45, 2.75) is 25.9 Å². The highest BCUT2D eigenvalue weighted by atomic mass is 35.5. The first kappa shape index (κ1) is 22.3. The number of hydrogen-bond acceptors (Lipinski definition) is 6. The van der Waals surface area contributed by atoms with Crippen molar-refractivity contribution in [1.29, 1.82) is 5.26 Å². The van der Waals surface area contributed by atoms with Crippen molar-refractivity contribution in [2.75, 3.05) is 18.0 Å². The third-order valence-corrected chi connectivity index (χ3v) is 6.14. The van der Waals surface area contributed by atoms with Gasteiger partial charge in [0.15, 0.2) is 5.65 Å². The first-order chi connectivity index (χ1) is 16.2. The Morgan fingerprint density at radius 2 is 1.91 bits per heavy atom. The van der Waals surface area contributed by atoms with E-state index in [1.807, 2.05) is 0 Å². The second kappa shape index (κ2) is 8.07. The molecule has 0 aliphatic carbocycles. The molecule has 34 heavy (non-hydrogen) atoms. The number of nitriles is 1. The molecule has 0 saturated carbocycles. The number of alkyl halides is 4. The van der Waals surface area contributed by atoms with Gasteiger partial charge in [0.25, 0.3) is 12.9 Å². The fourth-order valence-electron chi connectivity index (χ4n) is 4.30. The number of halogens is 5. The van der Waals surface area contributed by atoms with Crippen LogP contribution in [0.5, 0.6) is 0 Å². The van der Waals surface area contributed by atoms with Crippen LogP contribution in [0.2, 0.25) is 5.02 Å². The van der Waals surface area contributed by atoms with Crippen LogP contribution in [0.1, 0.15) is 35.4 Å². The van der Waals surface area contributed by atoms with Crippen molar-refractivity contribution in [3.63, 3.8) is 0 Å². The Labute approximate surface area is 194 Å². The zero-order valence-electron chi connectivity index (χ0n) is 17.5. The molecule has 12 heteroatoms. The van der Waals surface area contributed by atoms with Crippen molar-refractivity contribution in [3.8, 4) is 17.2 Å². The molecule has 7 nitrogen and oxygen atoms in total. The van der Waals surface area contributed by atoms with Crippen LogP contribution in [-0.2, 0) is 0 Å². The van der Waals surface area contributed by atoms with Gasteiger partial charge >= 0.3 is 0 Å². The maximum Gasteiger partial charge on any atom is 0.283 e. The summed E-state index contributed by atoms with van der Waals surface area (Å²) in [5, 5.41) is 23.6. The lowest BCUT2D eigenvalue weighted by Gasteiger charge is -2.39. The minimum absolute atomic E-state index is 0.000500. The first-order valence-corrected chi connectivity index (χ1v) is 10.5. The monoisotopic (exact) mass is 490 g/mol. The summed E-state index contributed by atoms with van der Waals surface area (Å²) >= 11 is 6.02. The lowest BCUT2D eigenvalue weighted by atomic mass is 9.97. The summed E-state index contributed by atoms with van der Waals surface area (Å²) in [6.07, 6.45) is -5.17. The molecule has 0 unspecified atom stereocenters. The molecule has 0 atom stereocenters. The van der Waals surface area contributed by atoms with E-state index in [0.717, 1.165) is 4.52 Å². The molecule has 1 fully saturated rings. The van der Waals surface area contributed by atoms with Crippen LogP contribution < -0.4 is 4.90 Å². The molecule has 5 rings (SSSR count). The van der Waals surface area contributed by atoms with Crippen molar-refractivity contribution in [2.24, 2.45) is 0 Å². The number of benzene rings is 1. The van der Waals surface area contributed by atoms with Crippen LogP contribution in [0, 0.1) is 18.3 Å². The largest absolute Gasteiger partial charge is 0.389 e. The molecule has 1 aliphatic rings. The maximum atomic E-state index is 13.8. The normalized spacial score (nSPS) is 14.4. The molecule has 0 bridgehead atoms. The quantitative estimate of drug-likeness (QED) is 0.412. The van der Waals surface area contributed by atoms with E-state index in [0.29, 0.717) is 28.0 Å². The molecule has 0 amide bonds. The number of aromatic nitrogens is 4. The summed E-state index contributed by atoms with van der Waals surface area (Å²) in [5.41, 5.74) is -0.271. The molecular formula is C22H15ClF4N6O. The molecule has 1 aromatic carbocycles. The number of aryl methyl sites for hydroxylation is 1. The van der Waals surface area contributed by atoms with E-state index in [-0.39, 0.29) is 34.8 Å². The molecule has 1 N–H and O–H groups in total. The Kier molecular flexibility index (Phi) is 5.30. The SMILES string of the molecule is Cc1nc2c(C#N)c(C(F)F)nn2c(N2CC(O)C2)c1-c1ccnc2c(C(F)F)c(Cl)ccc12. The minimum atomic E-state index is -3.01. The maximum absolute atomic E-state index is 13.8. The number of hydrogen-bond donors (Lipinski definition) is 1. The summed E-state index contributed by atoms with van der Waals surface area (Å²) in [4.78, 5) is 10.2. The van der Waals surface area contributed by atoms with E-state index in [1.165, 1.54) is 12.3 Å². The van der Waals surface area contributed by atoms with E-state index in [4.69, 9.17) is 11.6 Å². The highest BCUT2D eigenvalue weighted by Crippen LogP contribution is 2.42. The fourth-order valence-corrected chi connectivity index (χ4v) is 4.53. The van der Waals surface area contributed by atoms with Gasteiger partial charge < -0.3 is 10.0 Å². The van der Waals surface area contributed by atoms with Gasteiger partial charge in [-0.3, -0.25) is 4.98 Å². The van der Waals surface area contributed by atoms with Crippen LogP contribution >= 0.6 is 11.6 Å². The van der Waals surface area contributed by atoms with Crippen LogP contribution in [-0.4, -0.2) is 43.9 Å². The van der Waals surface area contributed by atoms with Crippen LogP contribution in [0.25, 0.3) is 27.7 Å². The number of pyridine rings is 1. The molecular weight excluding hydrogens is 476 g/mol. The highest BCUT2D eigenvalue weighted by Gasteiger charge is 2.33. The highest BCUT2D eigenvalue weighted by molar-refractivity contribution is 6.32. The second-order valence-electron chi connectivity index (χ2n) is 7.88. The average molecular weight is 491 g/mol.